The zero-order valence-corrected chi connectivity index (χ0v) is 15.4. The first-order valence-electron chi connectivity index (χ1n) is 7.99. The quantitative estimate of drug-likeness (QED) is 0.706. The van der Waals surface area contributed by atoms with Crippen molar-refractivity contribution in [1.82, 2.24) is 15.2 Å². The average Bonchev–Trinajstić information content (AvgIpc) is 2.59. The van der Waals surface area contributed by atoms with Gasteiger partial charge in [-0.15, -0.1) is 0 Å². The fourth-order valence-corrected chi connectivity index (χ4v) is 2.39. The minimum Gasteiger partial charge on any atom is -0.495 e. The third kappa shape index (κ3) is 5.92. The predicted octanol–water partition coefficient (Wildman–Crippen LogP) is 3.17. The summed E-state index contributed by atoms with van der Waals surface area (Å²) in [5, 5.41) is 6.62. The molecule has 134 valence electrons. The fraction of sp³-hybridized carbons (Fsp3) is 0.333. The van der Waals surface area contributed by atoms with Gasteiger partial charge >= 0.3 is 0 Å². The Morgan fingerprint density at radius 2 is 2.08 bits per heavy atom. The third-order valence-corrected chi connectivity index (χ3v) is 3.75. The number of nitrogens with zero attached hydrogens (tertiary/aromatic N) is 2. The number of rotatable bonds is 8. The van der Waals surface area contributed by atoms with Crippen molar-refractivity contribution in [2.24, 2.45) is 0 Å². The molecule has 0 aliphatic rings. The van der Waals surface area contributed by atoms with Crippen LogP contribution in [0.1, 0.15) is 16.8 Å². The summed E-state index contributed by atoms with van der Waals surface area (Å²) < 4.78 is 5.29. The molecule has 0 bridgehead atoms. The Hall–Kier alpha value is -2.31. The van der Waals surface area contributed by atoms with E-state index in [0.29, 0.717) is 34.4 Å². The van der Waals surface area contributed by atoms with E-state index in [9.17, 15) is 4.79 Å². The van der Waals surface area contributed by atoms with Crippen molar-refractivity contribution in [1.29, 1.82) is 0 Å². The van der Waals surface area contributed by atoms with Crippen molar-refractivity contribution < 1.29 is 9.53 Å². The van der Waals surface area contributed by atoms with Crippen LogP contribution in [-0.4, -0.2) is 50.1 Å². The SMILES string of the molecule is COc1ccc(Cl)cc1Nc1ccc(C(=O)NCCCN(C)C)cn1. The van der Waals surface area contributed by atoms with Crippen LogP contribution >= 0.6 is 11.6 Å². The molecule has 0 aliphatic heterocycles. The minimum absolute atomic E-state index is 0.127. The highest BCUT2D eigenvalue weighted by Crippen LogP contribution is 2.29. The van der Waals surface area contributed by atoms with Crippen molar-refractivity contribution in [3.63, 3.8) is 0 Å². The molecule has 0 unspecified atom stereocenters. The lowest BCUT2D eigenvalue weighted by Gasteiger charge is -2.12. The van der Waals surface area contributed by atoms with Crippen LogP contribution in [0.3, 0.4) is 0 Å². The molecule has 2 rings (SSSR count). The molecule has 0 fully saturated rings. The number of hydrogen-bond acceptors (Lipinski definition) is 5. The van der Waals surface area contributed by atoms with Crippen LogP contribution in [-0.2, 0) is 0 Å². The largest absolute Gasteiger partial charge is 0.495 e. The lowest BCUT2D eigenvalue weighted by atomic mass is 10.2. The van der Waals surface area contributed by atoms with Gasteiger partial charge in [0.1, 0.15) is 11.6 Å². The molecule has 2 N–H and O–H groups in total. The fourth-order valence-electron chi connectivity index (χ4n) is 2.22. The smallest absolute Gasteiger partial charge is 0.252 e. The Labute approximate surface area is 153 Å². The Morgan fingerprint density at radius 1 is 1.28 bits per heavy atom. The number of carbonyl (C=O) groups is 1. The Balaban J connectivity index is 1.96. The second-order valence-electron chi connectivity index (χ2n) is 5.81. The van der Waals surface area contributed by atoms with Crippen LogP contribution in [0.5, 0.6) is 5.75 Å². The molecule has 1 aromatic carbocycles. The van der Waals surface area contributed by atoms with E-state index < -0.39 is 0 Å². The molecule has 0 atom stereocenters. The molecular weight excluding hydrogens is 340 g/mol. The summed E-state index contributed by atoms with van der Waals surface area (Å²) in [6, 6.07) is 8.76. The van der Waals surface area contributed by atoms with Gasteiger partial charge in [0.2, 0.25) is 0 Å². The van der Waals surface area contributed by atoms with E-state index in [2.05, 4.69) is 20.5 Å². The number of ether oxygens (including phenoxy) is 1. The van der Waals surface area contributed by atoms with Crippen molar-refractivity contribution in [3.05, 3.63) is 47.1 Å². The first kappa shape index (κ1) is 19.0. The lowest BCUT2D eigenvalue weighted by Crippen LogP contribution is -2.27. The molecule has 0 saturated carbocycles. The monoisotopic (exact) mass is 362 g/mol. The average molecular weight is 363 g/mol. The normalized spacial score (nSPS) is 10.6. The highest BCUT2D eigenvalue weighted by atomic mass is 35.5. The highest BCUT2D eigenvalue weighted by molar-refractivity contribution is 6.31. The molecule has 1 amide bonds. The highest BCUT2D eigenvalue weighted by Gasteiger charge is 2.08. The van der Waals surface area contributed by atoms with Crippen molar-refractivity contribution in [2.75, 3.05) is 39.6 Å². The van der Waals surface area contributed by atoms with Crippen molar-refractivity contribution in [2.45, 2.75) is 6.42 Å². The van der Waals surface area contributed by atoms with Gasteiger partial charge < -0.3 is 20.3 Å². The van der Waals surface area contributed by atoms with Gasteiger partial charge in [0.05, 0.1) is 18.4 Å². The second-order valence-corrected chi connectivity index (χ2v) is 6.25. The zero-order chi connectivity index (χ0) is 18.2. The van der Waals surface area contributed by atoms with Crippen LogP contribution in [0.15, 0.2) is 36.5 Å². The molecule has 0 spiro atoms. The maximum Gasteiger partial charge on any atom is 0.252 e. The number of benzene rings is 1. The van der Waals surface area contributed by atoms with Gasteiger partial charge in [-0.1, -0.05) is 11.6 Å². The van der Waals surface area contributed by atoms with Gasteiger partial charge in [0, 0.05) is 17.8 Å². The third-order valence-electron chi connectivity index (χ3n) is 3.52. The first-order chi connectivity index (χ1) is 12.0. The number of amides is 1. The van der Waals surface area contributed by atoms with E-state index >= 15 is 0 Å². The van der Waals surface area contributed by atoms with E-state index in [1.165, 1.54) is 0 Å². The summed E-state index contributed by atoms with van der Waals surface area (Å²) in [6.45, 7) is 1.57. The summed E-state index contributed by atoms with van der Waals surface area (Å²) in [7, 11) is 5.60. The molecule has 0 radical (unpaired) electrons. The summed E-state index contributed by atoms with van der Waals surface area (Å²) in [4.78, 5) is 18.4. The van der Waals surface area contributed by atoms with Gasteiger partial charge in [0.15, 0.2) is 0 Å². The van der Waals surface area contributed by atoms with Crippen LogP contribution < -0.4 is 15.4 Å². The number of aromatic nitrogens is 1. The van der Waals surface area contributed by atoms with Crippen molar-refractivity contribution in [3.8, 4) is 5.75 Å². The van der Waals surface area contributed by atoms with E-state index in [1.807, 2.05) is 14.1 Å². The van der Waals surface area contributed by atoms with Crippen LogP contribution in [0, 0.1) is 0 Å². The number of nitrogens with one attached hydrogen (secondary N) is 2. The number of hydrogen-bond donors (Lipinski definition) is 2. The van der Waals surface area contributed by atoms with Crippen LogP contribution in [0.25, 0.3) is 0 Å². The van der Waals surface area contributed by atoms with E-state index in [-0.39, 0.29) is 5.91 Å². The molecular formula is C18H23ClN4O2. The topological polar surface area (TPSA) is 66.5 Å². The first-order valence-corrected chi connectivity index (χ1v) is 8.37. The standard InChI is InChI=1S/C18H23ClN4O2/c1-23(2)10-4-9-20-18(24)13-5-8-17(21-12-13)22-15-11-14(19)6-7-16(15)25-3/h5-8,11-12H,4,9-10H2,1-3H3,(H,20,24)(H,21,22). The molecule has 25 heavy (non-hydrogen) atoms. The van der Waals surface area contributed by atoms with Gasteiger partial charge in [-0.25, -0.2) is 4.98 Å². The van der Waals surface area contributed by atoms with Crippen molar-refractivity contribution >= 4 is 29.0 Å². The molecule has 0 aliphatic carbocycles. The summed E-state index contributed by atoms with van der Waals surface area (Å²) >= 11 is 6.01. The maximum absolute atomic E-state index is 12.1. The predicted molar refractivity (Wildman–Crippen MR) is 101 cm³/mol. The second kappa shape index (κ2) is 9.25. The number of carbonyl (C=O) groups excluding carboxylic acids is 1. The van der Waals surface area contributed by atoms with Crippen LogP contribution in [0.4, 0.5) is 11.5 Å². The summed E-state index contributed by atoms with van der Waals surface area (Å²) in [5.74, 6) is 1.14. The summed E-state index contributed by atoms with van der Waals surface area (Å²) in [6.07, 6.45) is 2.45. The molecule has 1 aromatic heterocycles. The number of halogens is 1. The molecule has 7 heteroatoms. The number of anilines is 2. The van der Waals surface area contributed by atoms with Gasteiger partial charge in [-0.05, 0) is 57.4 Å². The zero-order valence-electron chi connectivity index (χ0n) is 14.7. The number of pyridine rings is 1. The Kier molecular flexibility index (Phi) is 7.03. The Morgan fingerprint density at radius 3 is 2.72 bits per heavy atom. The minimum atomic E-state index is -0.127. The number of methoxy groups -OCH3 is 1. The van der Waals surface area contributed by atoms with Gasteiger partial charge in [-0.2, -0.15) is 0 Å². The summed E-state index contributed by atoms with van der Waals surface area (Å²) in [5.41, 5.74) is 1.23. The molecule has 2 aromatic rings. The molecule has 6 nitrogen and oxygen atoms in total. The van der Waals surface area contributed by atoms with E-state index in [4.69, 9.17) is 16.3 Å². The lowest BCUT2D eigenvalue weighted by molar-refractivity contribution is 0.0952. The van der Waals surface area contributed by atoms with E-state index in [0.717, 1.165) is 13.0 Å². The van der Waals surface area contributed by atoms with Crippen LogP contribution in [0.2, 0.25) is 5.02 Å². The maximum atomic E-state index is 12.1. The van der Waals surface area contributed by atoms with E-state index in [1.54, 1.807) is 43.6 Å². The Bertz CT molecular complexity index is 705. The van der Waals surface area contributed by atoms with Gasteiger partial charge in [0.25, 0.3) is 5.91 Å². The molecule has 1 heterocycles. The molecule has 0 saturated heterocycles. The van der Waals surface area contributed by atoms with Gasteiger partial charge in [-0.3, -0.25) is 4.79 Å².